The maximum atomic E-state index is 13.6. The third-order valence-electron chi connectivity index (χ3n) is 8.71. The fourth-order valence-electron chi connectivity index (χ4n) is 7.50. The van der Waals surface area contributed by atoms with Crippen LogP contribution in [0.2, 0.25) is 0 Å². The Morgan fingerprint density at radius 2 is 0.795 bits per heavy atom. The third kappa shape index (κ3) is 1.86. The molecule has 9 rings (SSSR count). The lowest BCUT2D eigenvalue weighted by Crippen LogP contribution is -2.08. The van der Waals surface area contributed by atoms with Gasteiger partial charge in [0.1, 0.15) is 40.6 Å². The van der Waals surface area contributed by atoms with Crippen molar-refractivity contribution < 1.29 is 35.4 Å². The average molecular weight is 518 g/mol. The summed E-state index contributed by atoms with van der Waals surface area (Å²) in [6, 6.07) is 4.69. The van der Waals surface area contributed by atoms with Crippen LogP contribution in [-0.4, -0.2) is 37.7 Å². The molecule has 1 aliphatic carbocycles. The van der Waals surface area contributed by atoms with Crippen molar-refractivity contribution in [2.45, 2.75) is 6.10 Å². The lowest BCUT2D eigenvalue weighted by atomic mass is 9.79. The van der Waals surface area contributed by atoms with E-state index >= 15 is 0 Å². The molecule has 0 heterocycles. The molecule has 8 aromatic rings. The van der Waals surface area contributed by atoms with Crippen molar-refractivity contribution >= 4 is 75.4 Å². The summed E-state index contributed by atoms with van der Waals surface area (Å²) in [6.45, 7) is 0. The van der Waals surface area contributed by atoms with Crippen molar-refractivity contribution in [3.8, 4) is 34.5 Å². The number of aromatic hydroxyl groups is 6. The molecule has 0 bridgehead atoms. The van der Waals surface area contributed by atoms with Gasteiger partial charge in [0.2, 0.25) is 0 Å². The summed E-state index contributed by atoms with van der Waals surface area (Å²) < 4.78 is 5.75. The standard InChI is InChI=1S/C30H14O9/c1-39-30-6-2-8(31)18-22-14(6)15-7(30)3-9(32)19-23(15)27-25-17(11(34)5-13(36)21(25)29(19)38)16-10(33)4-12(35)20(28(18)37)24(16)26(22)27/h2-5,30,33-38H,1H3. The summed E-state index contributed by atoms with van der Waals surface area (Å²) in [4.78, 5) is 27.2. The van der Waals surface area contributed by atoms with Crippen LogP contribution >= 0.6 is 0 Å². The molecular formula is C30H14O9. The van der Waals surface area contributed by atoms with Crippen LogP contribution in [0.15, 0.2) is 33.9 Å². The van der Waals surface area contributed by atoms with Crippen LogP contribution in [0.4, 0.5) is 0 Å². The Kier molecular flexibility index (Phi) is 3.14. The van der Waals surface area contributed by atoms with E-state index in [1.807, 2.05) is 0 Å². The normalized spacial score (nSPS) is 14.1. The summed E-state index contributed by atoms with van der Waals surface area (Å²) in [5.74, 6) is -2.83. The van der Waals surface area contributed by atoms with Crippen LogP contribution in [0.25, 0.3) is 75.4 Å². The first-order valence-electron chi connectivity index (χ1n) is 12.0. The second-order valence-corrected chi connectivity index (χ2v) is 10.3. The number of methoxy groups -OCH3 is 1. The first-order chi connectivity index (χ1) is 18.7. The first-order valence-corrected chi connectivity index (χ1v) is 12.0. The van der Waals surface area contributed by atoms with E-state index in [0.717, 1.165) is 12.1 Å². The quantitative estimate of drug-likeness (QED) is 0.135. The molecule has 9 heteroatoms. The molecule has 39 heavy (non-hydrogen) atoms. The highest BCUT2D eigenvalue weighted by molar-refractivity contribution is 6.52. The zero-order chi connectivity index (χ0) is 27.0. The zero-order valence-corrected chi connectivity index (χ0v) is 19.8. The highest BCUT2D eigenvalue weighted by Crippen LogP contribution is 2.62. The number of rotatable bonds is 1. The molecule has 0 unspecified atom stereocenters. The molecule has 0 amide bonds. The topological polar surface area (TPSA) is 165 Å². The molecule has 1 aliphatic rings. The highest BCUT2D eigenvalue weighted by atomic mass is 16.5. The Bertz CT molecular complexity index is 2410. The maximum Gasteiger partial charge on any atom is 0.190 e. The largest absolute Gasteiger partial charge is 0.507 e. The Morgan fingerprint density at radius 1 is 0.462 bits per heavy atom. The van der Waals surface area contributed by atoms with E-state index in [4.69, 9.17) is 4.74 Å². The summed E-state index contributed by atoms with van der Waals surface area (Å²) in [6.07, 6.45) is -0.784. The van der Waals surface area contributed by atoms with Gasteiger partial charge in [-0.3, -0.25) is 9.59 Å². The van der Waals surface area contributed by atoms with Crippen LogP contribution in [0.1, 0.15) is 17.2 Å². The molecule has 0 radical (unpaired) electrons. The van der Waals surface area contributed by atoms with Gasteiger partial charge in [0, 0.05) is 62.3 Å². The number of fused-ring (bicyclic) bond motifs is 1. The van der Waals surface area contributed by atoms with Gasteiger partial charge in [0.15, 0.2) is 10.9 Å². The molecule has 9 nitrogen and oxygen atoms in total. The Morgan fingerprint density at radius 3 is 1.18 bits per heavy atom. The predicted molar refractivity (Wildman–Crippen MR) is 145 cm³/mol. The predicted octanol–water partition coefficient (Wildman–Crippen LogP) is 4.51. The second kappa shape index (κ2) is 5.90. The van der Waals surface area contributed by atoms with Gasteiger partial charge in [-0.25, -0.2) is 0 Å². The van der Waals surface area contributed by atoms with Crippen molar-refractivity contribution in [2.24, 2.45) is 0 Å². The van der Waals surface area contributed by atoms with Crippen LogP contribution in [-0.2, 0) is 4.74 Å². The lowest BCUT2D eigenvalue weighted by molar-refractivity contribution is 0.140. The highest BCUT2D eigenvalue weighted by Gasteiger charge is 2.38. The lowest BCUT2D eigenvalue weighted by Gasteiger charge is -2.24. The SMILES string of the molecule is COC1c2cc(=O)c3c(O)c4c(O)cc(O)c5c6c(O)cc(O)c7c(O)c8c(=O)cc1c1c2c3c(c45)c(c76)c81. The van der Waals surface area contributed by atoms with Crippen molar-refractivity contribution in [1.82, 2.24) is 0 Å². The number of phenols is 6. The molecule has 0 spiro atoms. The Hall–Kier alpha value is -5.28. The summed E-state index contributed by atoms with van der Waals surface area (Å²) in [7, 11) is 1.45. The molecule has 8 aromatic carbocycles. The number of ether oxygens (including phenoxy) is 1. The van der Waals surface area contributed by atoms with Crippen molar-refractivity contribution in [2.75, 3.05) is 7.11 Å². The van der Waals surface area contributed by atoms with Gasteiger partial charge < -0.3 is 35.4 Å². The zero-order valence-electron chi connectivity index (χ0n) is 19.8. The number of benzene rings is 8. The summed E-state index contributed by atoms with van der Waals surface area (Å²) in [5.41, 5.74) is -0.116. The Balaban J connectivity index is 1.89. The fourth-order valence-corrected chi connectivity index (χ4v) is 7.50. The minimum Gasteiger partial charge on any atom is -0.507 e. The van der Waals surface area contributed by atoms with Gasteiger partial charge in [-0.2, -0.15) is 0 Å². The van der Waals surface area contributed by atoms with E-state index < -0.39 is 51.5 Å². The number of hydrogen-bond donors (Lipinski definition) is 6. The van der Waals surface area contributed by atoms with E-state index in [9.17, 15) is 40.2 Å². The van der Waals surface area contributed by atoms with Crippen molar-refractivity contribution in [3.63, 3.8) is 0 Å². The molecule has 6 N–H and O–H groups in total. The summed E-state index contributed by atoms with van der Waals surface area (Å²) in [5, 5.41) is 69.5. The molecule has 188 valence electrons. The van der Waals surface area contributed by atoms with E-state index in [0.29, 0.717) is 43.4 Å². The molecule has 0 fully saturated rings. The smallest absolute Gasteiger partial charge is 0.190 e. The van der Waals surface area contributed by atoms with Gasteiger partial charge >= 0.3 is 0 Å². The van der Waals surface area contributed by atoms with Crippen LogP contribution < -0.4 is 10.9 Å². The summed E-state index contributed by atoms with van der Waals surface area (Å²) >= 11 is 0. The fraction of sp³-hybridized carbons (Fsp3) is 0.0667. The van der Waals surface area contributed by atoms with Gasteiger partial charge in [0.25, 0.3) is 0 Å². The van der Waals surface area contributed by atoms with E-state index in [1.165, 1.54) is 19.2 Å². The molecule has 0 saturated heterocycles. The molecule has 0 aromatic heterocycles. The van der Waals surface area contributed by atoms with Gasteiger partial charge in [-0.15, -0.1) is 0 Å². The molecule has 0 saturated carbocycles. The monoisotopic (exact) mass is 518 g/mol. The van der Waals surface area contributed by atoms with Gasteiger partial charge in [0.05, 0.1) is 21.5 Å². The first kappa shape index (κ1) is 20.7. The number of hydrogen-bond acceptors (Lipinski definition) is 9. The minimum atomic E-state index is -0.784. The third-order valence-corrected chi connectivity index (χ3v) is 8.71. The van der Waals surface area contributed by atoms with Crippen molar-refractivity contribution in [1.29, 1.82) is 0 Å². The maximum absolute atomic E-state index is 13.6. The molecule has 0 aliphatic heterocycles. The van der Waals surface area contributed by atoms with Crippen LogP contribution in [0.5, 0.6) is 34.5 Å². The molecular weight excluding hydrogens is 504 g/mol. The Labute approximate surface area is 214 Å². The van der Waals surface area contributed by atoms with E-state index in [-0.39, 0.29) is 43.1 Å². The van der Waals surface area contributed by atoms with Crippen LogP contribution in [0, 0.1) is 0 Å². The minimum absolute atomic E-state index is 0.0389. The van der Waals surface area contributed by atoms with E-state index in [2.05, 4.69) is 0 Å². The second-order valence-electron chi connectivity index (χ2n) is 10.3. The number of phenolic OH excluding ortho intramolecular Hbond substituents is 6. The van der Waals surface area contributed by atoms with Crippen LogP contribution in [0.3, 0.4) is 0 Å². The van der Waals surface area contributed by atoms with Crippen molar-refractivity contribution in [3.05, 3.63) is 55.8 Å². The average Bonchev–Trinajstić information content (AvgIpc) is 3.18. The van der Waals surface area contributed by atoms with Gasteiger partial charge in [-0.05, 0) is 34.0 Å². The molecule has 0 atom stereocenters. The van der Waals surface area contributed by atoms with Gasteiger partial charge in [-0.1, -0.05) is 0 Å². The van der Waals surface area contributed by atoms with E-state index in [1.54, 1.807) is 0 Å².